The van der Waals surface area contributed by atoms with Crippen molar-refractivity contribution in [3.05, 3.63) is 76.0 Å². The second-order valence-electron chi connectivity index (χ2n) is 6.00. The minimum absolute atomic E-state index is 0.643. The van der Waals surface area contributed by atoms with Gasteiger partial charge in [0.25, 0.3) is 0 Å². The third-order valence-electron chi connectivity index (χ3n) is 4.01. The van der Waals surface area contributed by atoms with Crippen LogP contribution in [0.2, 0.25) is 0 Å². The summed E-state index contributed by atoms with van der Waals surface area (Å²) < 4.78 is 2.90. The zero-order chi connectivity index (χ0) is 17.9. The summed E-state index contributed by atoms with van der Waals surface area (Å²) in [5, 5.41) is 9.46. The Morgan fingerprint density at radius 1 is 0.962 bits per heavy atom. The Hall–Kier alpha value is -2.25. The third-order valence-corrected chi connectivity index (χ3v) is 5.59. The van der Waals surface area contributed by atoms with E-state index >= 15 is 0 Å². The van der Waals surface area contributed by atoms with Gasteiger partial charge in [0.1, 0.15) is 11.4 Å². The molecule has 2 heterocycles. The van der Waals surface area contributed by atoms with Gasteiger partial charge in [0.2, 0.25) is 0 Å². The van der Waals surface area contributed by atoms with Crippen LogP contribution in [0, 0.1) is 6.92 Å². The van der Waals surface area contributed by atoms with Gasteiger partial charge in [-0.3, -0.25) is 0 Å². The zero-order valence-corrected chi connectivity index (χ0v) is 16.5. The molecule has 0 saturated heterocycles. The van der Waals surface area contributed by atoms with Crippen molar-refractivity contribution in [1.82, 2.24) is 25.0 Å². The summed E-state index contributed by atoms with van der Waals surface area (Å²) in [4.78, 5) is 8.79. The molecule has 0 amide bonds. The van der Waals surface area contributed by atoms with Crippen LogP contribution >= 0.6 is 27.7 Å². The summed E-state index contributed by atoms with van der Waals surface area (Å²) in [6.07, 6.45) is 1.58. The molecule has 0 aliphatic rings. The number of aromatic nitrogens is 5. The van der Waals surface area contributed by atoms with Crippen LogP contribution in [-0.2, 0) is 12.3 Å². The van der Waals surface area contributed by atoms with Crippen LogP contribution in [0.4, 0.5) is 0 Å². The van der Waals surface area contributed by atoms with Crippen molar-refractivity contribution in [2.24, 2.45) is 0 Å². The molecule has 4 rings (SSSR count). The molecule has 4 aromatic rings. The monoisotopic (exact) mass is 425 g/mol. The first kappa shape index (κ1) is 17.2. The molecule has 0 spiro atoms. The molecule has 2 aromatic carbocycles. The minimum Gasteiger partial charge on any atom is -0.227 e. The standard InChI is InChI=1S/C19H16BrN5S/c1-13-2-4-14(5-3-13)10-25-18-17(23-24-25)19(22-12-21-18)26-11-15-6-8-16(20)9-7-15/h2-9,12H,10-11H2,1H3. The van der Waals surface area contributed by atoms with Gasteiger partial charge in [-0.25, -0.2) is 14.6 Å². The Kier molecular flexibility index (Phi) is 4.99. The smallest absolute Gasteiger partial charge is 0.183 e. The molecule has 0 unspecified atom stereocenters. The molecule has 0 atom stereocenters. The number of fused-ring (bicyclic) bond motifs is 1. The van der Waals surface area contributed by atoms with E-state index in [9.17, 15) is 0 Å². The van der Waals surface area contributed by atoms with E-state index in [1.807, 2.05) is 16.8 Å². The second kappa shape index (κ2) is 7.55. The van der Waals surface area contributed by atoms with Crippen LogP contribution in [0.1, 0.15) is 16.7 Å². The predicted molar refractivity (Wildman–Crippen MR) is 107 cm³/mol. The average Bonchev–Trinajstić information content (AvgIpc) is 3.07. The summed E-state index contributed by atoms with van der Waals surface area (Å²) in [5.74, 6) is 0.824. The van der Waals surface area contributed by atoms with Gasteiger partial charge in [-0.15, -0.1) is 5.10 Å². The second-order valence-corrected chi connectivity index (χ2v) is 7.88. The topological polar surface area (TPSA) is 56.5 Å². The number of halogens is 1. The van der Waals surface area contributed by atoms with Crippen LogP contribution in [-0.4, -0.2) is 25.0 Å². The lowest BCUT2D eigenvalue weighted by Crippen LogP contribution is -2.03. The third kappa shape index (κ3) is 3.78. The Balaban J connectivity index is 1.56. The molecule has 0 radical (unpaired) electrons. The molecule has 0 bridgehead atoms. The highest BCUT2D eigenvalue weighted by molar-refractivity contribution is 9.10. The molecule has 0 saturated carbocycles. The molecule has 130 valence electrons. The van der Waals surface area contributed by atoms with Crippen molar-refractivity contribution < 1.29 is 0 Å². The van der Waals surface area contributed by atoms with E-state index in [1.165, 1.54) is 16.7 Å². The first-order chi connectivity index (χ1) is 12.7. The van der Waals surface area contributed by atoms with Gasteiger partial charge in [-0.1, -0.05) is 74.9 Å². The quantitative estimate of drug-likeness (QED) is 0.344. The SMILES string of the molecule is Cc1ccc(Cn2nnc3c(SCc4ccc(Br)cc4)ncnc32)cc1. The van der Waals surface area contributed by atoms with Crippen LogP contribution in [0.15, 0.2) is 64.4 Å². The molecule has 0 aliphatic carbocycles. The van der Waals surface area contributed by atoms with E-state index in [1.54, 1.807) is 18.1 Å². The number of rotatable bonds is 5. The van der Waals surface area contributed by atoms with E-state index in [0.29, 0.717) is 6.54 Å². The highest BCUT2D eigenvalue weighted by Gasteiger charge is 2.12. The normalized spacial score (nSPS) is 11.2. The zero-order valence-electron chi connectivity index (χ0n) is 14.1. The van der Waals surface area contributed by atoms with Crippen molar-refractivity contribution in [3.63, 3.8) is 0 Å². The number of thioether (sulfide) groups is 1. The van der Waals surface area contributed by atoms with Crippen LogP contribution in [0.25, 0.3) is 11.2 Å². The van der Waals surface area contributed by atoms with E-state index in [-0.39, 0.29) is 0 Å². The largest absolute Gasteiger partial charge is 0.227 e. The maximum absolute atomic E-state index is 4.40. The van der Waals surface area contributed by atoms with Crippen molar-refractivity contribution in [3.8, 4) is 0 Å². The van der Waals surface area contributed by atoms with E-state index < -0.39 is 0 Å². The Labute approximate surface area is 164 Å². The van der Waals surface area contributed by atoms with Gasteiger partial charge in [0.05, 0.1) is 6.54 Å². The van der Waals surface area contributed by atoms with Gasteiger partial charge < -0.3 is 0 Å². The van der Waals surface area contributed by atoms with Crippen LogP contribution < -0.4 is 0 Å². The average molecular weight is 426 g/mol. The van der Waals surface area contributed by atoms with Crippen molar-refractivity contribution >= 4 is 38.9 Å². The maximum atomic E-state index is 4.40. The van der Waals surface area contributed by atoms with Crippen LogP contribution in [0.3, 0.4) is 0 Å². The predicted octanol–water partition coefficient (Wildman–Crippen LogP) is 4.63. The Morgan fingerprint density at radius 2 is 1.69 bits per heavy atom. The lowest BCUT2D eigenvalue weighted by atomic mass is 10.1. The van der Waals surface area contributed by atoms with E-state index in [0.717, 1.165) is 26.4 Å². The molecule has 26 heavy (non-hydrogen) atoms. The summed E-state index contributed by atoms with van der Waals surface area (Å²) in [5.41, 5.74) is 5.16. The number of hydrogen-bond donors (Lipinski definition) is 0. The van der Waals surface area contributed by atoms with Gasteiger partial charge in [-0.05, 0) is 30.2 Å². The van der Waals surface area contributed by atoms with Gasteiger partial charge in [-0.2, -0.15) is 0 Å². The van der Waals surface area contributed by atoms with Gasteiger partial charge in [0, 0.05) is 10.2 Å². The maximum Gasteiger partial charge on any atom is 0.183 e. The number of hydrogen-bond acceptors (Lipinski definition) is 5. The molecule has 5 nitrogen and oxygen atoms in total. The summed E-state index contributed by atoms with van der Waals surface area (Å²) in [7, 11) is 0. The van der Waals surface area contributed by atoms with Gasteiger partial charge >= 0.3 is 0 Å². The first-order valence-corrected chi connectivity index (χ1v) is 9.94. The fourth-order valence-electron chi connectivity index (χ4n) is 2.58. The molecule has 0 fully saturated rings. The van der Waals surface area contributed by atoms with Crippen molar-refractivity contribution in [2.75, 3.05) is 0 Å². The fraction of sp³-hybridized carbons (Fsp3) is 0.158. The Bertz CT molecular complexity index is 1030. The van der Waals surface area contributed by atoms with E-state index in [2.05, 4.69) is 79.5 Å². The highest BCUT2D eigenvalue weighted by Crippen LogP contribution is 2.26. The molecular weight excluding hydrogens is 410 g/mol. The lowest BCUT2D eigenvalue weighted by molar-refractivity contribution is 0.664. The summed E-state index contributed by atoms with van der Waals surface area (Å²) in [6, 6.07) is 16.7. The fourth-order valence-corrected chi connectivity index (χ4v) is 3.73. The number of nitrogens with zero attached hydrogens (tertiary/aromatic N) is 5. The molecule has 7 heteroatoms. The lowest BCUT2D eigenvalue weighted by Gasteiger charge is -2.04. The first-order valence-electron chi connectivity index (χ1n) is 8.16. The Morgan fingerprint density at radius 3 is 2.46 bits per heavy atom. The number of benzene rings is 2. The molecule has 0 aliphatic heterocycles. The van der Waals surface area contributed by atoms with Crippen molar-refractivity contribution in [2.45, 2.75) is 24.2 Å². The summed E-state index contributed by atoms with van der Waals surface area (Å²) in [6.45, 7) is 2.72. The van der Waals surface area contributed by atoms with Crippen molar-refractivity contribution in [1.29, 1.82) is 0 Å². The van der Waals surface area contributed by atoms with Gasteiger partial charge in [0.15, 0.2) is 11.2 Å². The van der Waals surface area contributed by atoms with E-state index in [4.69, 9.17) is 0 Å². The summed E-state index contributed by atoms with van der Waals surface area (Å²) >= 11 is 5.11. The molecule has 2 aromatic heterocycles. The minimum atomic E-state index is 0.643. The molecule has 0 N–H and O–H groups in total. The molecular formula is C19H16BrN5S. The van der Waals surface area contributed by atoms with Crippen LogP contribution in [0.5, 0.6) is 0 Å². The number of aryl methyl sites for hydroxylation is 1. The highest BCUT2D eigenvalue weighted by atomic mass is 79.9.